The Bertz CT molecular complexity index is 623. The highest BCUT2D eigenvalue weighted by Gasteiger charge is 2.19. The average molecular weight is 368 g/mol. The first-order valence-corrected chi connectivity index (χ1v) is 8.84. The zero-order chi connectivity index (χ0) is 15.6. The van der Waals surface area contributed by atoms with E-state index in [0.717, 1.165) is 16.5 Å². The molecule has 0 aliphatic carbocycles. The minimum Gasteiger partial charge on any atom is -0.508 e. The van der Waals surface area contributed by atoms with Crippen LogP contribution in [0.4, 0.5) is 0 Å². The third kappa shape index (κ3) is 3.87. The van der Waals surface area contributed by atoms with Gasteiger partial charge in [0.05, 0.1) is 0 Å². The Morgan fingerprint density at radius 3 is 2.52 bits per heavy atom. The molecule has 2 nitrogen and oxygen atoms in total. The summed E-state index contributed by atoms with van der Waals surface area (Å²) in [7, 11) is 0. The summed E-state index contributed by atoms with van der Waals surface area (Å²) in [6, 6.07) is 8.26. The molecule has 0 aliphatic rings. The van der Waals surface area contributed by atoms with Crippen molar-refractivity contribution in [2.24, 2.45) is 0 Å². The fourth-order valence-corrected chi connectivity index (χ4v) is 4.11. The number of nitrogens with one attached hydrogen (secondary N) is 1. The second kappa shape index (κ2) is 6.95. The monoisotopic (exact) mass is 367 g/mol. The Balaban J connectivity index is 2.22. The van der Waals surface area contributed by atoms with Crippen LogP contribution in [0.2, 0.25) is 0 Å². The molecular weight excluding hydrogens is 346 g/mol. The predicted octanol–water partition coefficient (Wildman–Crippen LogP) is 5.63. The van der Waals surface area contributed by atoms with Gasteiger partial charge in [0.25, 0.3) is 0 Å². The number of aromatic hydroxyl groups is 1. The third-order valence-electron chi connectivity index (χ3n) is 3.77. The van der Waals surface area contributed by atoms with Crippen LogP contribution < -0.4 is 5.32 Å². The first-order valence-electron chi connectivity index (χ1n) is 7.23. The summed E-state index contributed by atoms with van der Waals surface area (Å²) in [5.41, 5.74) is 2.30. The quantitative estimate of drug-likeness (QED) is 0.716. The summed E-state index contributed by atoms with van der Waals surface area (Å²) in [5.74, 6) is 0.350. The van der Waals surface area contributed by atoms with Crippen molar-refractivity contribution < 1.29 is 5.11 Å². The normalized spacial score (nSPS) is 14.1. The van der Waals surface area contributed by atoms with Gasteiger partial charge in [-0.2, -0.15) is 0 Å². The molecule has 2 atom stereocenters. The summed E-state index contributed by atoms with van der Waals surface area (Å²) >= 11 is 5.32. The molecule has 0 aliphatic heterocycles. The second-order valence-corrected chi connectivity index (χ2v) is 7.80. The van der Waals surface area contributed by atoms with Crippen LogP contribution in [0.1, 0.15) is 53.2 Å². The van der Waals surface area contributed by atoms with E-state index in [-0.39, 0.29) is 12.1 Å². The van der Waals surface area contributed by atoms with Gasteiger partial charge in [0.15, 0.2) is 0 Å². The fourth-order valence-electron chi connectivity index (χ4n) is 2.70. The van der Waals surface area contributed by atoms with Gasteiger partial charge in [-0.3, -0.25) is 0 Å². The van der Waals surface area contributed by atoms with E-state index in [0.29, 0.717) is 5.75 Å². The van der Waals surface area contributed by atoms with Crippen molar-refractivity contribution in [2.75, 3.05) is 0 Å². The maximum absolute atomic E-state index is 10.1. The average Bonchev–Trinajstić information content (AvgIpc) is 2.78. The van der Waals surface area contributed by atoms with Gasteiger partial charge < -0.3 is 10.4 Å². The van der Waals surface area contributed by atoms with Crippen molar-refractivity contribution in [2.45, 2.75) is 46.2 Å². The van der Waals surface area contributed by atoms with Gasteiger partial charge in [0.1, 0.15) is 5.75 Å². The van der Waals surface area contributed by atoms with Crippen LogP contribution in [0.5, 0.6) is 5.75 Å². The minimum absolute atomic E-state index is 0.136. The van der Waals surface area contributed by atoms with E-state index in [1.54, 1.807) is 6.07 Å². The molecule has 0 fully saturated rings. The molecule has 4 heteroatoms. The highest BCUT2D eigenvalue weighted by Crippen LogP contribution is 2.33. The van der Waals surface area contributed by atoms with E-state index in [9.17, 15) is 5.11 Å². The number of thiophene rings is 1. The Hall–Kier alpha value is -0.840. The van der Waals surface area contributed by atoms with Crippen molar-refractivity contribution in [3.63, 3.8) is 0 Å². The number of halogens is 1. The predicted molar refractivity (Wildman–Crippen MR) is 94.2 cm³/mol. The lowest BCUT2D eigenvalue weighted by Crippen LogP contribution is -2.24. The molecule has 1 aromatic carbocycles. The molecule has 2 unspecified atom stereocenters. The zero-order valence-corrected chi connectivity index (χ0v) is 15.3. The van der Waals surface area contributed by atoms with Crippen LogP contribution in [0, 0.1) is 13.8 Å². The van der Waals surface area contributed by atoms with E-state index in [2.05, 4.69) is 55.0 Å². The van der Waals surface area contributed by atoms with Crippen molar-refractivity contribution in [3.05, 3.63) is 49.6 Å². The van der Waals surface area contributed by atoms with Crippen LogP contribution in [-0.4, -0.2) is 5.11 Å². The Morgan fingerprint density at radius 1 is 1.24 bits per heavy atom. The van der Waals surface area contributed by atoms with Gasteiger partial charge in [-0.1, -0.05) is 22.9 Å². The molecule has 114 valence electrons. The zero-order valence-electron chi connectivity index (χ0n) is 12.9. The van der Waals surface area contributed by atoms with Gasteiger partial charge in [-0.25, -0.2) is 0 Å². The number of hydrogen-bond acceptors (Lipinski definition) is 3. The topological polar surface area (TPSA) is 32.3 Å². The summed E-state index contributed by atoms with van der Waals surface area (Å²) < 4.78 is 0.991. The van der Waals surface area contributed by atoms with E-state index in [1.165, 1.54) is 15.3 Å². The standard InChI is InChI=1S/C17H22BrNOS/c1-5-16(15-9-13(18)6-7-17(15)20)19-11(3)14-8-10(2)21-12(14)4/h6-9,11,16,19-20H,5H2,1-4H3. The number of hydrogen-bond donors (Lipinski definition) is 2. The highest BCUT2D eigenvalue weighted by molar-refractivity contribution is 9.10. The summed E-state index contributed by atoms with van der Waals surface area (Å²) in [4.78, 5) is 2.70. The summed E-state index contributed by atoms with van der Waals surface area (Å²) in [5, 5.41) is 13.8. The SMILES string of the molecule is CCC(NC(C)c1cc(C)sc1C)c1cc(Br)ccc1O. The third-order valence-corrected chi connectivity index (χ3v) is 5.25. The molecule has 2 N–H and O–H groups in total. The van der Waals surface area contributed by atoms with Crippen molar-refractivity contribution >= 4 is 27.3 Å². The van der Waals surface area contributed by atoms with Crippen LogP contribution >= 0.6 is 27.3 Å². The molecule has 0 bridgehead atoms. The molecule has 0 spiro atoms. The van der Waals surface area contributed by atoms with Gasteiger partial charge in [0.2, 0.25) is 0 Å². The van der Waals surface area contributed by atoms with Crippen LogP contribution in [0.3, 0.4) is 0 Å². The highest BCUT2D eigenvalue weighted by atomic mass is 79.9. The maximum atomic E-state index is 10.1. The fraction of sp³-hybridized carbons (Fsp3) is 0.412. The van der Waals surface area contributed by atoms with Crippen LogP contribution in [0.25, 0.3) is 0 Å². The van der Waals surface area contributed by atoms with E-state index >= 15 is 0 Å². The summed E-state index contributed by atoms with van der Waals surface area (Å²) in [6.07, 6.45) is 0.927. The summed E-state index contributed by atoms with van der Waals surface area (Å²) in [6.45, 7) is 8.64. The minimum atomic E-state index is 0.136. The molecule has 0 radical (unpaired) electrons. The Kier molecular flexibility index (Phi) is 5.47. The van der Waals surface area contributed by atoms with E-state index in [4.69, 9.17) is 0 Å². The number of rotatable bonds is 5. The van der Waals surface area contributed by atoms with Gasteiger partial charge >= 0.3 is 0 Å². The Labute approximate surface area is 139 Å². The second-order valence-electron chi connectivity index (χ2n) is 5.42. The lowest BCUT2D eigenvalue weighted by atomic mass is 10.0. The van der Waals surface area contributed by atoms with E-state index < -0.39 is 0 Å². The molecule has 0 saturated carbocycles. The smallest absolute Gasteiger partial charge is 0.120 e. The lowest BCUT2D eigenvalue weighted by molar-refractivity contribution is 0.419. The van der Waals surface area contributed by atoms with E-state index in [1.807, 2.05) is 23.5 Å². The van der Waals surface area contributed by atoms with Crippen LogP contribution in [0.15, 0.2) is 28.7 Å². The molecular formula is C17H22BrNOS. The van der Waals surface area contributed by atoms with Gasteiger partial charge in [0, 0.05) is 31.9 Å². The van der Waals surface area contributed by atoms with Crippen molar-refractivity contribution in [1.82, 2.24) is 5.32 Å². The van der Waals surface area contributed by atoms with Gasteiger partial charge in [-0.15, -0.1) is 11.3 Å². The number of phenols is 1. The Morgan fingerprint density at radius 2 is 1.95 bits per heavy atom. The molecule has 21 heavy (non-hydrogen) atoms. The number of aryl methyl sites for hydroxylation is 2. The largest absolute Gasteiger partial charge is 0.508 e. The van der Waals surface area contributed by atoms with Crippen molar-refractivity contribution in [3.8, 4) is 5.75 Å². The first kappa shape index (κ1) is 16.5. The molecule has 2 aromatic rings. The molecule has 0 saturated heterocycles. The lowest BCUT2D eigenvalue weighted by Gasteiger charge is -2.24. The first-order chi connectivity index (χ1) is 9.92. The number of benzene rings is 1. The van der Waals surface area contributed by atoms with Crippen LogP contribution in [-0.2, 0) is 0 Å². The number of phenolic OH excluding ortho intramolecular Hbond substituents is 1. The maximum Gasteiger partial charge on any atom is 0.120 e. The van der Waals surface area contributed by atoms with Gasteiger partial charge in [-0.05, 0) is 57.0 Å². The molecule has 1 heterocycles. The molecule has 0 amide bonds. The molecule has 1 aromatic heterocycles. The molecule has 2 rings (SSSR count). The van der Waals surface area contributed by atoms with Crippen molar-refractivity contribution in [1.29, 1.82) is 0 Å².